The van der Waals surface area contributed by atoms with E-state index < -0.39 is 6.09 Å². The molecule has 2 aromatic heterocycles. The lowest BCUT2D eigenvalue weighted by Crippen LogP contribution is -2.56. The van der Waals surface area contributed by atoms with Crippen molar-refractivity contribution in [2.45, 2.75) is 64.6 Å². The Morgan fingerprint density at radius 1 is 1.14 bits per heavy atom. The van der Waals surface area contributed by atoms with Crippen molar-refractivity contribution in [1.29, 1.82) is 0 Å². The lowest BCUT2D eigenvalue weighted by Gasteiger charge is -2.44. The van der Waals surface area contributed by atoms with E-state index in [1.807, 2.05) is 39.0 Å². The Balaban J connectivity index is 1.36. The van der Waals surface area contributed by atoms with Crippen LogP contribution in [0.15, 0.2) is 42.6 Å². The summed E-state index contributed by atoms with van der Waals surface area (Å²) in [5.41, 5.74) is 1.54. The fourth-order valence-electron chi connectivity index (χ4n) is 5.68. The van der Waals surface area contributed by atoms with Crippen LogP contribution in [0.2, 0.25) is 0 Å². The fraction of sp³-hybridized carbons (Fsp3) is 0.481. The monoisotopic (exact) mass is 508 g/mol. The third-order valence-corrected chi connectivity index (χ3v) is 7.54. The molecule has 2 aliphatic heterocycles. The molecule has 2 saturated heterocycles. The number of carboxylic acid groups (broad SMARTS) is 1. The molecule has 1 aromatic carbocycles. The van der Waals surface area contributed by atoms with Gasteiger partial charge in [0.25, 0.3) is 5.91 Å². The standard InChI is InChI=1S/C27H33FN6O3/c1-27(2,3)22-15-19(11-13-33(22)26(36)37)30-25(35)21-16-29-23-9-10-24(31-34(21)23)32-12-5-8-20(32)17-6-4-7-18(28)14-17/h4,6-7,9-10,14,16,19-20,22H,5,8,11-13,15H2,1-3H3,(H,30,35)(H,36,37)/t19?,20?,22-/m1/s1. The number of carbonyl (C=O) groups is 2. The zero-order valence-electron chi connectivity index (χ0n) is 21.4. The lowest BCUT2D eigenvalue weighted by atomic mass is 9.79. The predicted octanol–water partition coefficient (Wildman–Crippen LogP) is 4.50. The lowest BCUT2D eigenvalue weighted by molar-refractivity contribution is 0.0469. The third-order valence-electron chi connectivity index (χ3n) is 7.54. The van der Waals surface area contributed by atoms with Crippen molar-refractivity contribution in [2.24, 2.45) is 5.41 Å². The van der Waals surface area contributed by atoms with Crippen LogP contribution in [-0.4, -0.2) is 61.8 Å². The summed E-state index contributed by atoms with van der Waals surface area (Å²) in [5, 5.41) is 17.5. The summed E-state index contributed by atoms with van der Waals surface area (Å²) in [6.45, 7) is 7.20. The number of nitrogens with one attached hydrogen (secondary N) is 1. The number of imidazole rings is 1. The summed E-state index contributed by atoms with van der Waals surface area (Å²) in [5.74, 6) is 0.153. The maximum Gasteiger partial charge on any atom is 0.407 e. The fourth-order valence-corrected chi connectivity index (χ4v) is 5.68. The Morgan fingerprint density at radius 2 is 1.95 bits per heavy atom. The predicted molar refractivity (Wildman–Crippen MR) is 137 cm³/mol. The smallest absolute Gasteiger partial charge is 0.407 e. The first-order valence-corrected chi connectivity index (χ1v) is 12.8. The van der Waals surface area contributed by atoms with Gasteiger partial charge in [0.2, 0.25) is 0 Å². The van der Waals surface area contributed by atoms with Crippen molar-refractivity contribution in [3.63, 3.8) is 0 Å². The molecule has 9 nitrogen and oxygen atoms in total. The van der Waals surface area contributed by atoms with Crippen LogP contribution in [0.5, 0.6) is 0 Å². The third kappa shape index (κ3) is 4.97. The minimum Gasteiger partial charge on any atom is -0.465 e. The Morgan fingerprint density at radius 3 is 2.68 bits per heavy atom. The van der Waals surface area contributed by atoms with Crippen LogP contribution >= 0.6 is 0 Å². The van der Waals surface area contributed by atoms with Gasteiger partial charge in [-0.3, -0.25) is 4.79 Å². The Hall–Kier alpha value is -3.69. The Bertz CT molecular complexity index is 1320. The van der Waals surface area contributed by atoms with Crippen LogP contribution in [0, 0.1) is 11.2 Å². The van der Waals surface area contributed by atoms with Crippen LogP contribution in [0.4, 0.5) is 15.0 Å². The quantitative estimate of drug-likeness (QED) is 0.538. The molecule has 196 valence electrons. The molecule has 0 saturated carbocycles. The van der Waals surface area contributed by atoms with Gasteiger partial charge in [-0.25, -0.2) is 18.7 Å². The Labute approximate surface area is 215 Å². The van der Waals surface area contributed by atoms with Gasteiger partial charge >= 0.3 is 6.09 Å². The van der Waals surface area contributed by atoms with Crippen molar-refractivity contribution in [1.82, 2.24) is 24.8 Å². The molecule has 2 aliphatic rings. The molecule has 2 unspecified atom stereocenters. The molecule has 0 bridgehead atoms. The molecular formula is C27H33FN6O3. The molecule has 0 aliphatic carbocycles. The molecule has 5 rings (SSSR count). The van der Waals surface area contributed by atoms with Gasteiger partial charge < -0.3 is 20.2 Å². The second-order valence-electron chi connectivity index (χ2n) is 11.1. The summed E-state index contributed by atoms with van der Waals surface area (Å²) < 4.78 is 15.4. The normalized spacial score (nSPS) is 22.4. The van der Waals surface area contributed by atoms with Gasteiger partial charge in [0.05, 0.1) is 12.2 Å². The second-order valence-corrected chi connectivity index (χ2v) is 11.1. The van der Waals surface area contributed by atoms with Gasteiger partial charge in [0.1, 0.15) is 11.6 Å². The zero-order valence-corrected chi connectivity index (χ0v) is 21.4. The van der Waals surface area contributed by atoms with E-state index in [0.717, 1.165) is 24.9 Å². The van der Waals surface area contributed by atoms with E-state index >= 15 is 0 Å². The van der Waals surface area contributed by atoms with E-state index in [1.54, 1.807) is 16.6 Å². The van der Waals surface area contributed by atoms with Gasteiger partial charge in [-0.1, -0.05) is 32.9 Å². The largest absolute Gasteiger partial charge is 0.465 e. The first-order chi connectivity index (χ1) is 17.6. The number of likely N-dealkylation sites (tertiary alicyclic amines) is 1. The number of aromatic nitrogens is 3. The number of piperidine rings is 1. The van der Waals surface area contributed by atoms with E-state index in [9.17, 15) is 19.1 Å². The van der Waals surface area contributed by atoms with Crippen molar-refractivity contribution >= 4 is 23.5 Å². The number of hydrogen-bond acceptors (Lipinski definition) is 5. The van der Waals surface area contributed by atoms with Crippen LogP contribution in [0.1, 0.15) is 68.5 Å². The van der Waals surface area contributed by atoms with Gasteiger partial charge in [0.15, 0.2) is 11.3 Å². The van der Waals surface area contributed by atoms with E-state index in [1.165, 1.54) is 17.2 Å². The first-order valence-electron chi connectivity index (χ1n) is 12.8. The van der Waals surface area contributed by atoms with Gasteiger partial charge in [-0.15, -0.1) is 5.10 Å². The maximum absolute atomic E-state index is 13.9. The van der Waals surface area contributed by atoms with Crippen LogP contribution in [0.25, 0.3) is 5.65 Å². The van der Waals surface area contributed by atoms with E-state index in [4.69, 9.17) is 5.10 Å². The minimum absolute atomic E-state index is 0.00944. The van der Waals surface area contributed by atoms with Crippen LogP contribution in [-0.2, 0) is 0 Å². The van der Waals surface area contributed by atoms with Crippen molar-refractivity contribution in [3.05, 3.63) is 59.7 Å². The van der Waals surface area contributed by atoms with Gasteiger partial charge in [0, 0.05) is 25.2 Å². The molecule has 3 atom stereocenters. The van der Waals surface area contributed by atoms with Crippen LogP contribution < -0.4 is 10.2 Å². The van der Waals surface area contributed by atoms with Crippen molar-refractivity contribution in [2.75, 3.05) is 18.0 Å². The molecule has 10 heteroatoms. The molecular weight excluding hydrogens is 475 g/mol. The zero-order chi connectivity index (χ0) is 26.3. The highest BCUT2D eigenvalue weighted by molar-refractivity contribution is 5.93. The summed E-state index contributed by atoms with van der Waals surface area (Å²) in [7, 11) is 0. The molecule has 0 spiro atoms. The summed E-state index contributed by atoms with van der Waals surface area (Å²) >= 11 is 0. The number of amides is 2. The SMILES string of the molecule is CC(C)(C)[C@H]1CC(NC(=O)c2cnc3ccc(N4CCCC4c4cccc(F)c4)nn23)CCN1C(=O)O. The van der Waals surface area contributed by atoms with Crippen molar-refractivity contribution in [3.8, 4) is 0 Å². The minimum atomic E-state index is -0.929. The highest BCUT2D eigenvalue weighted by atomic mass is 19.1. The number of carbonyl (C=O) groups excluding carboxylic acids is 1. The van der Waals surface area contributed by atoms with E-state index in [2.05, 4.69) is 15.2 Å². The second kappa shape index (κ2) is 9.64. The highest BCUT2D eigenvalue weighted by Gasteiger charge is 2.39. The van der Waals surface area contributed by atoms with Gasteiger partial charge in [-0.2, -0.15) is 0 Å². The summed E-state index contributed by atoms with van der Waals surface area (Å²) in [6, 6.07) is 10.0. The van der Waals surface area contributed by atoms with Crippen molar-refractivity contribution < 1.29 is 19.1 Å². The number of benzene rings is 1. The number of nitrogens with zero attached hydrogens (tertiary/aromatic N) is 5. The number of fused-ring (bicyclic) bond motifs is 1. The topological polar surface area (TPSA) is 103 Å². The number of anilines is 1. The number of rotatable bonds is 4. The maximum atomic E-state index is 13.9. The Kier molecular flexibility index (Phi) is 6.51. The molecule has 2 fully saturated rings. The molecule has 2 N–H and O–H groups in total. The van der Waals surface area contributed by atoms with E-state index in [-0.39, 0.29) is 35.3 Å². The molecule has 3 aromatic rings. The molecule has 0 radical (unpaired) electrons. The van der Waals surface area contributed by atoms with Crippen LogP contribution in [0.3, 0.4) is 0 Å². The van der Waals surface area contributed by atoms with Gasteiger partial charge in [-0.05, 0) is 60.9 Å². The average Bonchev–Trinajstić information content (AvgIpc) is 3.50. The average molecular weight is 509 g/mol. The molecule has 4 heterocycles. The summed E-state index contributed by atoms with van der Waals surface area (Å²) in [6.07, 6.45) is 3.53. The first kappa shape index (κ1) is 25.0. The number of hydrogen-bond donors (Lipinski definition) is 2. The van der Waals surface area contributed by atoms with E-state index in [0.29, 0.717) is 36.5 Å². The molecule has 2 amide bonds. The number of halogens is 1. The molecule has 37 heavy (non-hydrogen) atoms. The summed E-state index contributed by atoms with van der Waals surface area (Å²) in [4.78, 5) is 33.0. The highest BCUT2D eigenvalue weighted by Crippen LogP contribution is 2.36.